The largest absolute Gasteiger partial charge is 0.612 e. The van der Waals surface area contributed by atoms with Crippen molar-refractivity contribution >= 4 is 5.97 Å². The number of aromatic amines is 1. The average Bonchev–Trinajstić information content (AvgIpc) is 2.59. The van der Waals surface area contributed by atoms with E-state index in [4.69, 9.17) is 5.11 Å². The quantitative estimate of drug-likeness (QED) is 0.650. The van der Waals surface area contributed by atoms with E-state index in [0.29, 0.717) is 5.56 Å². The van der Waals surface area contributed by atoms with Crippen molar-refractivity contribution < 1.29 is 14.4 Å². The second-order valence-electron chi connectivity index (χ2n) is 2.83. The van der Waals surface area contributed by atoms with Gasteiger partial charge in [0.2, 0.25) is 11.1 Å². The van der Waals surface area contributed by atoms with Crippen LogP contribution in [0, 0.1) is 10.4 Å². The van der Waals surface area contributed by atoms with Crippen LogP contribution in [-0.2, 0) is 0 Å². The molecule has 0 saturated heterocycles. The number of aromatic carboxylic acids is 1. The summed E-state index contributed by atoms with van der Waals surface area (Å²) in [5.74, 6) is -1.49. The highest BCUT2D eigenvalue weighted by Gasteiger charge is 2.19. The molecule has 0 aromatic carbocycles. The summed E-state index contributed by atoms with van der Waals surface area (Å²) < 4.78 is 4.66. The van der Waals surface area contributed by atoms with E-state index >= 15 is 0 Å². The number of rotatable bonds is 1. The third kappa shape index (κ3) is 1.39. The Hall–Kier alpha value is -2.44. The number of fused-ring (bicyclic) bond motifs is 1. The molecule has 0 fully saturated rings. The van der Waals surface area contributed by atoms with Crippen LogP contribution >= 0.6 is 0 Å². The van der Waals surface area contributed by atoms with Gasteiger partial charge >= 0.3 is 5.97 Å². The predicted molar refractivity (Wildman–Crippen MR) is 48.6 cm³/mol. The Labute approximate surface area is 82.4 Å². The molecule has 2 aliphatic rings. The monoisotopic (exact) mass is 209 g/mol. The lowest BCUT2D eigenvalue weighted by atomic mass is 10.1. The standard InChI is InChI=1S/C8H5N2O5/c11-8(12)7-5-2-1-4(10(13)14)3-6(5)9-15-7/h1-3,9H,(H-,11,12,13,14)/q-1. The van der Waals surface area contributed by atoms with Gasteiger partial charge in [-0.15, -0.1) is 0 Å². The number of benzene rings is 1. The van der Waals surface area contributed by atoms with Crippen molar-refractivity contribution in [2.45, 2.75) is 0 Å². The zero-order chi connectivity index (χ0) is 11.0. The van der Waals surface area contributed by atoms with E-state index in [9.17, 15) is 15.2 Å². The van der Waals surface area contributed by atoms with Crippen LogP contribution < -0.4 is 10.3 Å². The highest BCUT2D eigenvalue weighted by Crippen LogP contribution is 2.22. The molecule has 1 aliphatic heterocycles. The van der Waals surface area contributed by atoms with Gasteiger partial charge in [-0.25, -0.2) is 9.95 Å². The van der Waals surface area contributed by atoms with Crippen LogP contribution in [0.25, 0.3) is 11.3 Å². The molecule has 15 heavy (non-hydrogen) atoms. The number of nitrogens with zero attached hydrogens (tertiary/aromatic N) is 1. The molecule has 0 bridgehead atoms. The third-order valence-corrected chi connectivity index (χ3v) is 1.92. The lowest BCUT2D eigenvalue weighted by molar-refractivity contribution is 0.0654. The molecule has 0 aromatic rings. The second kappa shape index (κ2) is 3.05. The summed E-state index contributed by atoms with van der Waals surface area (Å²) in [6, 6.07) is 3.76. The predicted octanol–water partition coefficient (Wildman–Crippen LogP) is 0.178. The van der Waals surface area contributed by atoms with Gasteiger partial charge in [-0.3, -0.25) is 0 Å². The Kier molecular flexibility index (Phi) is 1.86. The topological polar surface area (TPSA) is 115 Å². The van der Waals surface area contributed by atoms with Gasteiger partial charge in [0.15, 0.2) is 0 Å². The Morgan fingerprint density at radius 3 is 2.80 bits per heavy atom. The lowest BCUT2D eigenvalue weighted by Gasteiger charge is -2.02. The molecule has 2 N–H and O–H groups in total. The molecule has 78 valence electrons. The number of aromatic nitrogens is 1. The van der Waals surface area contributed by atoms with E-state index in [1.54, 1.807) is 0 Å². The van der Waals surface area contributed by atoms with Crippen LogP contribution in [0.15, 0.2) is 22.7 Å². The Morgan fingerprint density at radius 1 is 1.47 bits per heavy atom. The Morgan fingerprint density at radius 2 is 2.20 bits per heavy atom. The summed E-state index contributed by atoms with van der Waals surface area (Å²) in [5, 5.41) is 31.7. The minimum absolute atomic E-state index is 0.128. The number of hydrogen-bond acceptors (Lipinski definition) is 4. The van der Waals surface area contributed by atoms with Crippen LogP contribution in [0.5, 0.6) is 0 Å². The maximum atomic E-state index is 10.6. The highest BCUT2D eigenvalue weighted by molar-refractivity contribution is 5.92. The molecule has 7 nitrogen and oxygen atoms in total. The first-order valence-corrected chi connectivity index (χ1v) is 3.91. The molecule has 0 atom stereocenters. The van der Waals surface area contributed by atoms with E-state index < -0.39 is 10.9 Å². The minimum atomic E-state index is -1.23. The molecular formula is C8H5N2O5-. The fourth-order valence-corrected chi connectivity index (χ4v) is 1.25. The van der Waals surface area contributed by atoms with E-state index in [-0.39, 0.29) is 16.8 Å². The normalized spacial score (nSPS) is 10.4. The summed E-state index contributed by atoms with van der Waals surface area (Å²) in [5.41, 5.74) is 0.578. The molecule has 0 amide bonds. The molecule has 0 spiro atoms. The maximum Gasteiger partial charge on any atom is 0.375 e. The number of nitrogens with one attached hydrogen (secondary N) is 1. The SMILES string of the molecule is O=C(O)c1o[nH]c2cc(=[N+]([O-])[O-])ccc1-2. The fourth-order valence-electron chi connectivity index (χ4n) is 1.25. The van der Waals surface area contributed by atoms with Gasteiger partial charge in [0.1, 0.15) is 0 Å². The van der Waals surface area contributed by atoms with Crippen molar-refractivity contribution in [3.63, 3.8) is 0 Å². The number of carbonyl (C=O) groups is 1. The van der Waals surface area contributed by atoms with E-state index in [1.807, 2.05) is 0 Å². The van der Waals surface area contributed by atoms with Crippen molar-refractivity contribution in [1.29, 1.82) is 0 Å². The van der Waals surface area contributed by atoms with Gasteiger partial charge in [0.25, 0.3) is 0 Å². The van der Waals surface area contributed by atoms with Crippen molar-refractivity contribution in [2.75, 3.05) is 0 Å². The van der Waals surface area contributed by atoms with Gasteiger partial charge in [-0.1, -0.05) is 0 Å². The number of carboxylic acids is 1. The second-order valence-corrected chi connectivity index (χ2v) is 2.83. The first kappa shape index (κ1) is 9.13. The number of H-pyrrole nitrogens is 1. The third-order valence-electron chi connectivity index (χ3n) is 1.92. The average molecular weight is 209 g/mol. The smallest absolute Gasteiger partial charge is 0.375 e. The first-order valence-electron chi connectivity index (χ1n) is 3.91. The van der Waals surface area contributed by atoms with Gasteiger partial charge in [0, 0.05) is 12.1 Å². The molecule has 1 heterocycles. The van der Waals surface area contributed by atoms with E-state index in [1.165, 1.54) is 18.2 Å². The minimum Gasteiger partial charge on any atom is -0.612 e. The van der Waals surface area contributed by atoms with Crippen LogP contribution in [-0.4, -0.2) is 16.2 Å². The highest BCUT2D eigenvalue weighted by atomic mass is 16.8. The van der Waals surface area contributed by atoms with Gasteiger partial charge in [-0.2, -0.15) is 4.90 Å². The van der Waals surface area contributed by atoms with Crippen molar-refractivity contribution in [2.24, 2.45) is 0 Å². The Bertz CT molecular complexity index is 549. The van der Waals surface area contributed by atoms with Crippen LogP contribution in [0.2, 0.25) is 0 Å². The van der Waals surface area contributed by atoms with Crippen LogP contribution in [0.4, 0.5) is 0 Å². The maximum absolute atomic E-state index is 10.6. The molecule has 0 saturated carbocycles. The summed E-state index contributed by atoms with van der Waals surface area (Å²) in [6.07, 6.45) is 0. The molecule has 0 radical (unpaired) electrons. The van der Waals surface area contributed by atoms with Crippen molar-refractivity contribution in [3.05, 3.63) is 39.7 Å². The van der Waals surface area contributed by atoms with Gasteiger partial charge in [0.05, 0.1) is 11.3 Å². The fraction of sp³-hybridized carbons (Fsp3) is 0. The Balaban J connectivity index is 2.72. The summed E-state index contributed by atoms with van der Waals surface area (Å²) in [4.78, 5) is 10.1. The molecule has 0 unspecified atom stereocenters. The van der Waals surface area contributed by atoms with Gasteiger partial charge in [-0.05, 0) is 6.07 Å². The zero-order valence-corrected chi connectivity index (χ0v) is 7.26. The molecule has 7 heteroatoms. The van der Waals surface area contributed by atoms with Crippen LogP contribution in [0.1, 0.15) is 10.6 Å². The molecule has 1 aliphatic carbocycles. The first-order chi connectivity index (χ1) is 7.09. The number of hydrogen-bond donors (Lipinski definition) is 2. The summed E-state index contributed by atoms with van der Waals surface area (Å²) in [7, 11) is 0. The molecule has 2 rings (SSSR count). The van der Waals surface area contributed by atoms with E-state index in [2.05, 4.69) is 9.68 Å². The molecule has 0 aromatic heterocycles. The van der Waals surface area contributed by atoms with Crippen molar-refractivity contribution in [1.82, 2.24) is 10.1 Å². The number of carboxylic acid groups (broad SMARTS) is 1. The molecular weight excluding hydrogens is 204 g/mol. The summed E-state index contributed by atoms with van der Waals surface area (Å²) >= 11 is 0. The van der Waals surface area contributed by atoms with Crippen molar-refractivity contribution in [3.8, 4) is 11.3 Å². The zero-order valence-electron chi connectivity index (χ0n) is 7.26. The summed E-state index contributed by atoms with van der Waals surface area (Å²) in [6.45, 7) is 0. The van der Waals surface area contributed by atoms with Crippen LogP contribution in [0.3, 0.4) is 0 Å². The van der Waals surface area contributed by atoms with Gasteiger partial charge < -0.3 is 20.0 Å². The van der Waals surface area contributed by atoms with E-state index in [0.717, 1.165) is 0 Å². The lowest BCUT2D eigenvalue weighted by Crippen LogP contribution is -2.17.